The van der Waals surface area contributed by atoms with Crippen molar-refractivity contribution >= 4 is 29.2 Å². The summed E-state index contributed by atoms with van der Waals surface area (Å²) in [7, 11) is 4.71. The number of Topliss-reactive ketones (excluding diaryl/α,β-unsaturated/α-hetero) is 2. The number of hydrogen-bond donors (Lipinski definition) is 6. The summed E-state index contributed by atoms with van der Waals surface area (Å²) >= 11 is 0. The lowest BCUT2D eigenvalue weighted by Gasteiger charge is -2.53. The number of nitrogens with one attached hydrogen (secondary N) is 1. The minimum atomic E-state index is -2.73. The topological polar surface area (TPSA) is 209 Å². The molecule has 2 aromatic rings. The lowest BCUT2D eigenvalue weighted by atomic mass is 9.54. The monoisotopic (exact) mass is 637 g/mol. The van der Waals surface area contributed by atoms with E-state index in [1.54, 1.807) is 38.1 Å². The Morgan fingerprint density at radius 2 is 1.85 bits per heavy atom. The number of nitrogens with zero attached hydrogens (tertiary/aromatic N) is 1. The van der Waals surface area contributed by atoms with Crippen LogP contribution in [-0.4, -0.2) is 101 Å². The number of phenols is 1. The maximum atomic E-state index is 14.1. The first-order valence-corrected chi connectivity index (χ1v) is 15.0. The minimum absolute atomic E-state index is 0.00223. The first-order valence-electron chi connectivity index (χ1n) is 15.0. The number of benzene rings is 2. The smallest absolute Gasteiger partial charge is 0.319 e. The van der Waals surface area contributed by atoms with Crippen LogP contribution in [0.4, 0.5) is 0 Å². The lowest BCUT2D eigenvalue weighted by Crippen LogP contribution is -2.73. The van der Waals surface area contributed by atoms with Crippen LogP contribution in [0.15, 0.2) is 35.9 Å². The van der Waals surface area contributed by atoms with Crippen LogP contribution in [0.1, 0.15) is 30.0 Å². The SMILES string of the molecule is CCOC(=O)CNCc1ccc(OC)c(-c2ccc(O)c3c2C[C@@H]2C[C@@H]4[C@@H](N(C)C)C(O)C(C(N)=O)C(=O)[C@]4(O)C(=O)C2=C3O)c1. The molecule has 0 spiro atoms. The van der Waals surface area contributed by atoms with Crippen molar-refractivity contribution in [3.05, 3.63) is 52.6 Å². The molecule has 7 N–H and O–H groups in total. The Balaban J connectivity index is 1.61. The Morgan fingerprint density at radius 3 is 2.48 bits per heavy atom. The number of esters is 1. The maximum Gasteiger partial charge on any atom is 0.319 e. The standard InChI is InChI=1S/C33H39N3O10/c1-5-46-23(38)14-35-13-15-6-9-22(45-4)18(10-15)17-7-8-21(37)25-19(17)11-16-12-20-27(36(2)3)29(40)26(32(34)43)31(42)33(20,44)30(41)24(16)28(25)39/h6-10,16,20,26-27,29,35,37,39-40,44H,5,11-14H2,1-4H3,(H2,34,43)/t16-,20-,26?,27-,29?,33-/m1/s1. The molecule has 2 fully saturated rings. The number of aliphatic hydroxyl groups is 3. The van der Waals surface area contributed by atoms with Gasteiger partial charge in [0.05, 0.1) is 31.9 Å². The van der Waals surface area contributed by atoms with Crippen molar-refractivity contribution in [3.63, 3.8) is 0 Å². The van der Waals surface area contributed by atoms with Gasteiger partial charge in [0.15, 0.2) is 11.4 Å². The summed E-state index contributed by atoms with van der Waals surface area (Å²) in [5.41, 5.74) is 5.02. The molecule has 3 aliphatic rings. The van der Waals surface area contributed by atoms with Gasteiger partial charge in [-0.1, -0.05) is 12.1 Å². The summed E-state index contributed by atoms with van der Waals surface area (Å²) in [5.74, 6) is -7.91. The van der Waals surface area contributed by atoms with E-state index in [2.05, 4.69) is 5.32 Å². The van der Waals surface area contributed by atoms with E-state index in [-0.39, 0.29) is 48.8 Å². The van der Waals surface area contributed by atoms with Crippen molar-refractivity contribution in [1.29, 1.82) is 0 Å². The van der Waals surface area contributed by atoms with Crippen LogP contribution in [0, 0.1) is 17.8 Å². The molecular weight excluding hydrogens is 598 g/mol. The van der Waals surface area contributed by atoms with Crippen LogP contribution in [0.3, 0.4) is 0 Å². The van der Waals surface area contributed by atoms with Gasteiger partial charge in [-0.3, -0.25) is 19.2 Å². The van der Waals surface area contributed by atoms with Gasteiger partial charge in [0, 0.05) is 29.6 Å². The summed E-state index contributed by atoms with van der Waals surface area (Å²) in [6.45, 7) is 2.34. The molecule has 13 heteroatoms. The third kappa shape index (κ3) is 5.22. The van der Waals surface area contributed by atoms with E-state index in [0.717, 1.165) is 5.56 Å². The fraction of sp³-hybridized carbons (Fsp3) is 0.455. The maximum absolute atomic E-state index is 14.1. The summed E-state index contributed by atoms with van der Waals surface area (Å²) in [4.78, 5) is 53.2. The number of aromatic hydroxyl groups is 1. The predicted octanol–water partition coefficient (Wildman–Crippen LogP) is 0.457. The average Bonchev–Trinajstić information content (AvgIpc) is 2.99. The second-order valence-electron chi connectivity index (χ2n) is 12.2. The molecule has 2 saturated carbocycles. The zero-order chi connectivity index (χ0) is 33.7. The number of methoxy groups -OCH3 is 1. The molecule has 0 aliphatic heterocycles. The molecule has 0 radical (unpaired) electrons. The second kappa shape index (κ2) is 12.5. The van der Waals surface area contributed by atoms with Crippen LogP contribution in [0.25, 0.3) is 16.9 Å². The van der Waals surface area contributed by atoms with E-state index in [1.807, 2.05) is 12.1 Å². The first-order chi connectivity index (χ1) is 21.8. The van der Waals surface area contributed by atoms with Crippen LogP contribution in [0.2, 0.25) is 0 Å². The summed E-state index contributed by atoms with van der Waals surface area (Å²) in [6, 6.07) is 7.50. The Kier molecular flexibility index (Phi) is 8.97. The number of aliphatic hydroxyl groups excluding tert-OH is 2. The molecule has 0 heterocycles. The highest BCUT2D eigenvalue weighted by Crippen LogP contribution is 2.53. The van der Waals surface area contributed by atoms with Gasteiger partial charge in [-0.15, -0.1) is 0 Å². The van der Waals surface area contributed by atoms with E-state index < -0.39 is 58.7 Å². The Morgan fingerprint density at radius 1 is 1.13 bits per heavy atom. The van der Waals surface area contributed by atoms with Crippen molar-refractivity contribution in [2.24, 2.45) is 23.5 Å². The normalized spacial score (nSPS) is 27.2. The predicted molar refractivity (Wildman–Crippen MR) is 164 cm³/mol. The third-order valence-corrected chi connectivity index (χ3v) is 9.43. The number of hydrogen-bond acceptors (Lipinski definition) is 12. The van der Waals surface area contributed by atoms with Crippen LogP contribution >= 0.6 is 0 Å². The Bertz CT molecular complexity index is 1640. The fourth-order valence-electron chi connectivity index (χ4n) is 7.45. The van der Waals surface area contributed by atoms with E-state index in [0.29, 0.717) is 29.0 Å². The van der Waals surface area contributed by atoms with Crippen molar-refractivity contribution < 1.29 is 49.1 Å². The van der Waals surface area contributed by atoms with Crippen LogP contribution in [-0.2, 0) is 36.9 Å². The van der Waals surface area contributed by atoms with Crippen molar-refractivity contribution in [2.45, 2.75) is 44.1 Å². The van der Waals surface area contributed by atoms with Gasteiger partial charge in [0.25, 0.3) is 0 Å². The summed E-state index contributed by atoms with van der Waals surface area (Å²) < 4.78 is 10.6. The van der Waals surface area contributed by atoms with Gasteiger partial charge in [-0.2, -0.15) is 0 Å². The molecule has 1 amide bonds. The van der Waals surface area contributed by atoms with E-state index in [1.165, 1.54) is 13.2 Å². The Hall–Kier alpha value is -4.30. The summed E-state index contributed by atoms with van der Waals surface area (Å²) in [5, 5.41) is 48.5. The van der Waals surface area contributed by atoms with Gasteiger partial charge in [-0.05, 0) is 74.7 Å². The quantitative estimate of drug-likeness (QED) is 0.164. The molecule has 246 valence electrons. The molecule has 13 nitrogen and oxygen atoms in total. The van der Waals surface area contributed by atoms with Gasteiger partial charge < -0.3 is 45.9 Å². The first kappa shape index (κ1) is 33.1. The molecule has 5 rings (SSSR count). The van der Waals surface area contributed by atoms with Gasteiger partial charge in [0.1, 0.15) is 23.2 Å². The van der Waals surface area contributed by atoms with E-state index >= 15 is 0 Å². The van der Waals surface area contributed by atoms with Crippen molar-refractivity contribution in [2.75, 3.05) is 34.4 Å². The number of likely N-dealkylation sites (N-methyl/N-ethyl adjacent to an activating group) is 1. The molecular formula is C33H39N3O10. The molecule has 3 aliphatic carbocycles. The molecule has 2 aromatic carbocycles. The summed E-state index contributed by atoms with van der Waals surface area (Å²) in [6.07, 6.45) is -1.44. The van der Waals surface area contributed by atoms with Gasteiger partial charge >= 0.3 is 5.97 Å². The van der Waals surface area contributed by atoms with E-state index in [9.17, 15) is 39.6 Å². The Labute approximate surface area is 265 Å². The number of carbonyl (C=O) groups excluding carboxylic acids is 4. The third-order valence-electron chi connectivity index (χ3n) is 9.43. The highest BCUT2D eigenvalue weighted by molar-refractivity contribution is 6.25. The fourth-order valence-corrected chi connectivity index (χ4v) is 7.45. The zero-order valence-corrected chi connectivity index (χ0v) is 26.1. The largest absolute Gasteiger partial charge is 0.507 e. The van der Waals surface area contributed by atoms with E-state index in [4.69, 9.17) is 15.2 Å². The number of fused-ring (bicyclic) bond motifs is 3. The lowest BCUT2D eigenvalue weighted by molar-refractivity contribution is -0.184. The average molecular weight is 638 g/mol. The molecule has 0 bridgehead atoms. The van der Waals surface area contributed by atoms with Crippen molar-refractivity contribution in [3.8, 4) is 22.6 Å². The molecule has 46 heavy (non-hydrogen) atoms. The minimum Gasteiger partial charge on any atom is -0.507 e. The number of primary amides is 1. The number of ether oxygens (including phenoxy) is 2. The van der Waals surface area contributed by atoms with Crippen molar-refractivity contribution in [1.82, 2.24) is 10.2 Å². The molecule has 2 unspecified atom stereocenters. The number of amides is 1. The zero-order valence-electron chi connectivity index (χ0n) is 26.1. The highest BCUT2D eigenvalue weighted by Gasteiger charge is 2.67. The number of carbonyl (C=O) groups is 4. The highest BCUT2D eigenvalue weighted by atomic mass is 16.5. The number of ketones is 2. The molecule has 0 aromatic heterocycles. The number of phenolic OH excluding ortho intramolecular Hbond substituents is 1. The van der Waals surface area contributed by atoms with Crippen LogP contribution in [0.5, 0.6) is 11.5 Å². The number of rotatable bonds is 9. The number of nitrogens with two attached hydrogens (primary N) is 1. The van der Waals surface area contributed by atoms with Gasteiger partial charge in [0.2, 0.25) is 11.7 Å². The van der Waals surface area contributed by atoms with Gasteiger partial charge in [-0.25, -0.2) is 0 Å². The second-order valence-corrected chi connectivity index (χ2v) is 12.2. The van der Waals surface area contributed by atoms with Crippen LogP contribution < -0.4 is 15.8 Å². The molecule has 6 atom stereocenters. The molecule has 0 saturated heterocycles.